The number of rotatable bonds is 8. The fourth-order valence-corrected chi connectivity index (χ4v) is 3.36. The molecule has 0 amide bonds. The summed E-state index contributed by atoms with van der Waals surface area (Å²) in [6.45, 7) is 3.44. The Morgan fingerprint density at radius 3 is 2.29 bits per heavy atom. The average molecular weight is 409 g/mol. The third kappa shape index (κ3) is 4.51. The lowest BCUT2D eigenvalue weighted by Gasteiger charge is -2.14. The molecule has 1 heterocycles. The van der Waals surface area contributed by atoms with Crippen LogP contribution >= 0.6 is 12.4 Å². The molecule has 3 aromatic rings. The van der Waals surface area contributed by atoms with Crippen LogP contribution in [0.25, 0.3) is 10.9 Å². The van der Waals surface area contributed by atoms with Crippen molar-refractivity contribution in [2.75, 3.05) is 27.9 Å². The van der Waals surface area contributed by atoms with Gasteiger partial charge in [-0.25, -0.2) is 4.39 Å². The fourth-order valence-electron chi connectivity index (χ4n) is 3.36. The van der Waals surface area contributed by atoms with E-state index in [9.17, 15) is 4.39 Å². The first-order chi connectivity index (χ1) is 13.1. The molecule has 2 N–H and O–H groups in total. The van der Waals surface area contributed by atoms with Crippen LogP contribution in [-0.4, -0.2) is 32.9 Å². The SMILES string of the molecule is COc1cc(CNCCc2c(C)[nH]c3ccc(F)cc23)cc(OC)c1OC.Cl. The third-order valence-electron chi connectivity index (χ3n) is 4.69. The molecular weight excluding hydrogens is 383 g/mol. The molecule has 0 spiro atoms. The summed E-state index contributed by atoms with van der Waals surface area (Å²) >= 11 is 0. The van der Waals surface area contributed by atoms with E-state index in [0.717, 1.165) is 40.7 Å². The lowest BCUT2D eigenvalue weighted by Crippen LogP contribution is -2.17. The molecular formula is C21H26ClFN2O3. The second kappa shape index (κ2) is 9.66. The molecule has 3 rings (SSSR count). The van der Waals surface area contributed by atoms with Gasteiger partial charge < -0.3 is 24.5 Å². The van der Waals surface area contributed by atoms with E-state index in [1.807, 2.05) is 19.1 Å². The first-order valence-corrected chi connectivity index (χ1v) is 8.83. The van der Waals surface area contributed by atoms with Gasteiger partial charge in [-0.2, -0.15) is 0 Å². The van der Waals surface area contributed by atoms with Gasteiger partial charge in [0.2, 0.25) is 5.75 Å². The first-order valence-electron chi connectivity index (χ1n) is 8.83. The zero-order valence-corrected chi connectivity index (χ0v) is 17.3. The molecule has 0 aliphatic heterocycles. The van der Waals surface area contributed by atoms with Crippen molar-refractivity contribution in [2.45, 2.75) is 19.9 Å². The number of nitrogens with one attached hydrogen (secondary N) is 2. The Hall–Kier alpha value is -2.44. The number of methoxy groups -OCH3 is 3. The van der Waals surface area contributed by atoms with E-state index in [1.54, 1.807) is 33.5 Å². The summed E-state index contributed by atoms with van der Waals surface area (Å²) in [5.74, 6) is 1.64. The van der Waals surface area contributed by atoms with Crippen LogP contribution in [0, 0.1) is 12.7 Å². The average Bonchev–Trinajstić information content (AvgIpc) is 2.98. The van der Waals surface area contributed by atoms with E-state index < -0.39 is 0 Å². The summed E-state index contributed by atoms with van der Waals surface area (Å²) in [4.78, 5) is 3.31. The van der Waals surface area contributed by atoms with Crippen LogP contribution in [0.4, 0.5) is 4.39 Å². The predicted molar refractivity (Wildman–Crippen MR) is 112 cm³/mol. The molecule has 0 saturated heterocycles. The maximum Gasteiger partial charge on any atom is 0.203 e. The number of ether oxygens (including phenoxy) is 3. The van der Waals surface area contributed by atoms with Gasteiger partial charge in [-0.15, -0.1) is 12.4 Å². The van der Waals surface area contributed by atoms with Crippen molar-refractivity contribution in [1.82, 2.24) is 10.3 Å². The van der Waals surface area contributed by atoms with Gasteiger partial charge in [-0.1, -0.05) is 0 Å². The molecule has 0 atom stereocenters. The summed E-state index contributed by atoms with van der Waals surface area (Å²) in [6.07, 6.45) is 0.805. The lowest BCUT2D eigenvalue weighted by atomic mass is 10.1. The van der Waals surface area contributed by atoms with Crippen molar-refractivity contribution in [1.29, 1.82) is 0 Å². The van der Waals surface area contributed by atoms with Crippen molar-refractivity contribution < 1.29 is 18.6 Å². The summed E-state index contributed by atoms with van der Waals surface area (Å²) in [5.41, 5.74) is 4.21. The Kier molecular flexibility index (Phi) is 7.54. The molecule has 152 valence electrons. The maximum atomic E-state index is 13.6. The van der Waals surface area contributed by atoms with E-state index >= 15 is 0 Å². The maximum absolute atomic E-state index is 13.6. The molecule has 5 nitrogen and oxygen atoms in total. The number of halogens is 2. The Morgan fingerprint density at radius 1 is 1.00 bits per heavy atom. The van der Waals surface area contributed by atoms with Gasteiger partial charge in [0.05, 0.1) is 21.3 Å². The molecule has 0 aliphatic carbocycles. The van der Waals surface area contributed by atoms with Crippen LogP contribution in [0.2, 0.25) is 0 Å². The molecule has 0 fully saturated rings. The molecule has 2 aromatic carbocycles. The van der Waals surface area contributed by atoms with Crippen molar-refractivity contribution in [2.24, 2.45) is 0 Å². The number of benzene rings is 2. The van der Waals surface area contributed by atoms with E-state index in [0.29, 0.717) is 23.8 Å². The summed E-state index contributed by atoms with van der Waals surface area (Å²) < 4.78 is 29.7. The quantitative estimate of drug-likeness (QED) is 0.542. The molecule has 7 heteroatoms. The highest BCUT2D eigenvalue weighted by Gasteiger charge is 2.13. The molecule has 0 aliphatic rings. The summed E-state index contributed by atoms with van der Waals surface area (Å²) in [7, 11) is 4.80. The van der Waals surface area contributed by atoms with Crippen LogP contribution in [0.3, 0.4) is 0 Å². The number of hydrogen-bond donors (Lipinski definition) is 2. The van der Waals surface area contributed by atoms with Crippen LogP contribution in [0.1, 0.15) is 16.8 Å². The first kappa shape index (κ1) is 21.9. The Morgan fingerprint density at radius 2 is 1.68 bits per heavy atom. The predicted octanol–water partition coefficient (Wildman–Crippen LogP) is 4.40. The zero-order valence-electron chi connectivity index (χ0n) is 16.5. The van der Waals surface area contributed by atoms with E-state index in [2.05, 4.69) is 10.3 Å². The van der Waals surface area contributed by atoms with Crippen molar-refractivity contribution in [3.05, 3.63) is 53.0 Å². The zero-order chi connectivity index (χ0) is 19.4. The highest BCUT2D eigenvalue weighted by Crippen LogP contribution is 2.38. The molecule has 0 radical (unpaired) electrons. The molecule has 0 bridgehead atoms. The van der Waals surface area contributed by atoms with E-state index in [1.165, 1.54) is 6.07 Å². The molecule has 1 aromatic heterocycles. The summed E-state index contributed by atoms with van der Waals surface area (Å²) in [6, 6.07) is 8.71. The minimum Gasteiger partial charge on any atom is -0.493 e. The Bertz CT molecular complexity index is 918. The number of hydrogen-bond acceptors (Lipinski definition) is 4. The summed E-state index contributed by atoms with van der Waals surface area (Å²) in [5, 5.41) is 4.37. The number of fused-ring (bicyclic) bond motifs is 1. The second-order valence-corrected chi connectivity index (χ2v) is 6.38. The van der Waals surface area contributed by atoms with Gasteiger partial charge in [0.15, 0.2) is 11.5 Å². The number of H-pyrrole nitrogens is 1. The molecule has 0 unspecified atom stereocenters. The standard InChI is InChI=1S/C21H25FN2O3.ClH/c1-13-16(17-11-15(22)5-6-18(17)24-13)7-8-23-12-14-9-19(25-2)21(27-4)20(10-14)26-3;/h5-6,9-11,23-24H,7-8,12H2,1-4H3;1H. The minimum atomic E-state index is -0.215. The number of aromatic nitrogens is 1. The van der Waals surface area contributed by atoms with Gasteiger partial charge in [0.1, 0.15) is 5.82 Å². The highest BCUT2D eigenvalue weighted by atomic mass is 35.5. The van der Waals surface area contributed by atoms with Gasteiger partial charge in [-0.3, -0.25) is 0 Å². The van der Waals surface area contributed by atoms with E-state index in [4.69, 9.17) is 14.2 Å². The van der Waals surface area contributed by atoms with Gasteiger partial charge in [0, 0.05) is 23.1 Å². The monoisotopic (exact) mass is 408 g/mol. The Balaban J connectivity index is 0.00000280. The molecule has 0 saturated carbocycles. The Labute approximate surface area is 170 Å². The normalized spacial score (nSPS) is 10.6. The second-order valence-electron chi connectivity index (χ2n) is 6.38. The van der Waals surface area contributed by atoms with Crippen LogP contribution in [0.5, 0.6) is 17.2 Å². The van der Waals surface area contributed by atoms with Crippen molar-refractivity contribution in [3.8, 4) is 17.2 Å². The number of aryl methyl sites for hydroxylation is 1. The lowest BCUT2D eigenvalue weighted by molar-refractivity contribution is 0.323. The fraction of sp³-hybridized carbons (Fsp3) is 0.333. The third-order valence-corrected chi connectivity index (χ3v) is 4.69. The van der Waals surface area contributed by atoms with Crippen molar-refractivity contribution >= 4 is 23.3 Å². The highest BCUT2D eigenvalue weighted by molar-refractivity contribution is 5.85. The topological polar surface area (TPSA) is 55.5 Å². The minimum absolute atomic E-state index is 0. The number of aromatic amines is 1. The van der Waals surface area contributed by atoms with Crippen LogP contribution < -0.4 is 19.5 Å². The molecule has 28 heavy (non-hydrogen) atoms. The smallest absolute Gasteiger partial charge is 0.203 e. The van der Waals surface area contributed by atoms with Gasteiger partial charge >= 0.3 is 0 Å². The van der Waals surface area contributed by atoms with Crippen molar-refractivity contribution in [3.63, 3.8) is 0 Å². The van der Waals surface area contributed by atoms with Crippen LogP contribution in [0.15, 0.2) is 30.3 Å². The largest absolute Gasteiger partial charge is 0.493 e. The van der Waals surface area contributed by atoms with Gasteiger partial charge in [-0.05, 0) is 61.3 Å². The van der Waals surface area contributed by atoms with Crippen LogP contribution in [-0.2, 0) is 13.0 Å². The van der Waals surface area contributed by atoms with E-state index in [-0.39, 0.29) is 18.2 Å². The van der Waals surface area contributed by atoms with Gasteiger partial charge in [0.25, 0.3) is 0 Å².